The molecule has 1 atom stereocenters. The second-order valence-electron chi connectivity index (χ2n) is 5.61. The van der Waals surface area contributed by atoms with Gasteiger partial charge in [-0.15, -0.1) is 0 Å². The van der Waals surface area contributed by atoms with E-state index in [4.69, 9.17) is 5.73 Å². The number of nitrogen functional groups attached to an aromatic ring is 1. The fourth-order valence-corrected chi connectivity index (χ4v) is 2.38. The van der Waals surface area contributed by atoms with Crippen molar-refractivity contribution in [2.45, 2.75) is 39.7 Å². The lowest BCUT2D eigenvalue weighted by atomic mass is 10.0. The fraction of sp³-hybridized carbons (Fsp3) is 0.467. The molecule has 0 spiro atoms. The van der Waals surface area contributed by atoms with E-state index in [1.54, 1.807) is 18.2 Å². The van der Waals surface area contributed by atoms with Crippen LogP contribution >= 0.6 is 0 Å². The van der Waals surface area contributed by atoms with Crippen molar-refractivity contribution in [1.29, 1.82) is 0 Å². The van der Waals surface area contributed by atoms with E-state index in [-0.39, 0.29) is 17.9 Å². The van der Waals surface area contributed by atoms with Crippen LogP contribution in [0.5, 0.6) is 0 Å². The Morgan fingerprint density at radius 2 is 1.68 bits per heavy atom. The molecule has 0 aliphatic carbocycles. The molecule has 1 aliphatic heterocycles. The average molecular weight is 260 g/mol. The fourth-order valence-electron chi connectivity index (χ4n) is 2.38. The van der Waals surface area contributed by atoms with Crippen LogP contribution in [0.15, 0.2) is 18.2 Å². The predicted octanol–water partition coefficient (Wildman–Crippen LogP) is 2.69. The highest BCUT2D eigenvalue weighted by Gasteiger charge is 2.38. The second kappa shape index (κ2) is 5.03. The molecular formula is C15H20N2O2. The molecule has 1 unspecified atom stereocenters. The highest BCUT2D eigenvalue weighted by molar-refractivity contribution is 6.21. The number of nitrogens with two attached hydrogens (primary N) is 1. The Balaban J connectivity index is 2.22. The third-order valence-corrected chi connectivity index (χ3v) is 3.54. The van der Waals surface area contributed by atoms with E-state index in [0.29, 0.717) is 22.7 Å². The monoisotopic (exact) mass is 260 g/mol. The van der Waals surface area contributed by atoms with Gasteiger partial charge in [0.05, 0.1) is 11.1 Å². The van der Waals surface area contributed by atoms with E-state index in [0.717, 1.165) is 12.8 Å². The molecule has 2 N–H and O–H groups in total. The Labute approximate surface area is 113 Å². The van der Waals surface area contributed by atoms with Gasteiger partial charge in [-0.1, -0.05) is 13.8 Å². The number of carbonyl (C=O) groups is 2. The van der Waals surface area contributed by atoms with Gasteiger partial charge in [0.2, 0.25) is 0 Å². The van der Waals surface area contributed by atoms with Gasteiger partial charge in [0.15, 0.2) is 0 Å². The summed E-state index contributed by atoms with van der Waals surface area (Å²) in [4.78, 5) is 25.9. The number of benzene rings is 1. The Hall–Kier alpha value is -1.84. The predicted molar refractivity (Wildman–Crippen MR) is 74.9 cm³/mol. The van der Waals surface area contributed by atoms with E-state index < -0.39 is 0 Å². The molecule has 1 aromatic rings. The van der Waals surface area contributed by atoms with Crippen molar-refractivity contribution >= 4 is 17.5 Å². The maximum absolute atomic E-state index is 12.3. The molecule has 0 radical (unpaired) electrons. The van der Waals surface area contributed by atoms with Crippen LogP contribution in [0.4, 0.5) is 5.69 Å². The van der Waals surface area contributed by atoms with Gasteiger partial charge >= 0.3 is 0 Å². The van der Waals surface area contributed by atoms with Crippen molar-refractivity contribution in [3.8, 4) is 0 Å². The van der Waals surface area contributed by atoms with Gasteiger partial charge in [-0.25, -0.2) is 0 Å². The van der Waals surface area contributed by atoms with E-state index >= 15 is 0 Å². The molecule has 19 heavy (non-hydrogen) atoms. The number of hydrogen-bond donors (Lipinski definition) is 1. The van der Waals surface area contributed by atoms with E-state index in [2.05, 4.69) is 13.8 Å². The highest BCUT2D eigenvalue weighted by Crippen LogP contribution is 2.28. The van der Waals surface area contributed by atoms with Crippen molar-refractivity contribution < 1.29 is 9.59 Å². The van der Waals surface area contributed by atoms with E-state index in [1.807, 2.05) is 6.92 Å². The van der Waals surface area contributed by atoms with Gasteiger partial charge in [0.1, 0.15) is 0 Å². The summed E-state index contributed by atoms with van der Waals surface area (Å²) in [6.07, 6.45) is 1.83. The number of rotatable bonds is 4. The Morgan fingerprint density at radius 1 is 1.05 bits per heavy atom. The summed E-state index contributed by atoms with van der Waals surface area (Å²) in [7, 11) is 0. The summed E-state index contributed by atoms with van der Waals surface area (Å²) in [6, 6.07) is 4.81. The zero-order valence-corrected chi connectivity index (χ0v) is 11.6. The van der Waals surface area contributed by atoms with Gasteiger partial charge in [0.25, 0.3) is 11.8 Å². The lowest BCUT2D eigenvalue weighted by Crippen LogP contribution is -2.38. The lowest BCUT2D eigenvalue weighted by molar-refractivity contribution is 0.0586. The summed E-state index contributed by atoms with van der Waals surface area (Å²) < 4.78 is 0. The minimum Gasteiger partial charge on any atom is -0.399 e. The molecule has 2 rings (SSSR count). The number of imide groups is 1. The van der Waals surface area contributed by atoms with Crippen LogP contribution in [0.25, 0.3) is 0 Å². The van der Waals surface area contributed by atoms with Crippen LogP contribution in [0.3, 0.4) is 0 Å². The standard InChI is InChI=1S/C15H20N2O2/c1-9(2)4-5-10(3)17-14(18)12-7-6-11(16)8-13(12)15(17)19/h6-10H,4-5,16H2,1-3H3. The van der Waals surface area contributed by atoms with Crippen LogP contribution < -0.4 is 5.73 Å². The van der Waals surface area contributed by atoms with Crippen LogP contribution in [0.1, 0.15) is 54.3 Å². The van der Waals surface area contributed by atoms with Crippen LogP contribution in [-0.2, 0) is 0 Å². The topological polar surface area (TPSA) is 63.4 Å². The molecule has 1 aliphatic rings. The quantitative estimate of drug-likeness (QED) is 0.668. The summed E-state index contributed by atoms with van der Waals surface area (Å²) >= 11 is 0. The van der Waals surface area contributed by atoms with Gasteiger partial charge in [-0.05, 0) is 43.9 Å². The van der Waals surface area contributed by atoms with Gasteiger partial charge in [0, 0.05) is 11.7 Å². The van der Waals surface area contributed by atoms with Crippen molar-refractivity contribution in [3.05, 3.63) is 29.3 Å². The number of anilines is 1. The Bertz CT molecular complexity index is 523. The molecule has 4 heteroatoms. The highest BCUT2D eigenvalue weighted by atomic mass is 16.2. The molecule has 102 valence electrons. The first-order chi connectivity index (χ1) is 8.91. The zero-order valence-electron chi connectivity index (χ0n) is 11.6. The molecule has 0 saturated heterocycles. The number of nitrogens with zero attached hydrogens (tertiary/aromatic N) is 1. The van der Waals surface area contributed by atoms with Gasteiger partial charge < -0.3 is 5.73 Å². The van der Waals surface area contributed by atoms with Gasteiger partial charge in [-0.3, -0.25) is 14.5 Å². The van der Waals surface area contributed by atoms with Gasteiger partial charge in [-0.2, -0.15) is 0 Å². The Kier molecular flexibility index (Phi) is 3.60. The minimum atomic E-state index is -0.219. The number of hydrogen-bond acceptors (Lipinski definition) is 3. The van der Waals surface area contributed by atoms with Crippen molar-refractivity contribution in [1.82, 2.24) is 4.90 Å². The molecule has 1 heterocycles. The first-order valence-corrected chi connectivity index (χ1v) is 6.69. The van der Waals surface area contributed by atoms with Crippen molar-refractivity contribution in [3.63, 3.8) is 0 Å². The minimum absolute atomic E-state index is 0.0731. The molecule has 2 amide bonds. The van der Waals surface area contributed by atoms with Crippen molar-refractivity contribution in [2.24, 2.45) is 5.92 Å². The molecule has 1 aromatic carbocycles. The first-order valence-electron chi connectivity index (χ1n) is 6.69. The number of carbonyl (C=O) groups excluding carboxylic acids is 2. The maximum atomic E-state index is 12.3. The molecular weight excluding hydrogens is 240 g/mol. The lowest BCUT2D eigenvalue weighted by Gasteiger charge is -2.23. The first kappa shape index (κ1) is 13.6. The maximum Gasteiger partial charge on any atom is 0.261 e. The van der Waals surface area contributed by atoms with E-state index in [1.165, 1.54) is 4.90 Å². The number of amides is 2. The molecule has 0 fully saturated rings. The third-order valence-electron chi connectivity index (χ3n) is 3.54. The zero-order chi connectivity index (χ0) is 14.2. The molecule has 0 saturated carbocycles. The average Bonchev–Trinajstić information content (AvgIpc) is 2.59. The summed E-state index contributed by atoms with van der Waals surface area (Å²) in [5.41, 5.74) is 7.09. The largest absolute Gasteiger partial charge is 0.399 e. The van der Waals surface area contributed by atoms with E-state index in [9.17, 15) is 9.59 Å². The molecule has 0 bridgehead atoms. The van der Waals surface area contributed by atoms with Crippen LogP contribution in [0, 0.1) is 5.92 Å². The number of fused-ring (bicyclic) bond motifs is 1. The van der Waals surface area contributed by atoms with Crippen LogP contribution in [-0.4, -0.2) is 22.8 Å². The summed E-state index contributed by atoms with van der Waals surface area (Å²) in [6.45, 7) is 6.19. The second-order valence-corrected chi connectivity index (χ2v) is 5.61. The molecule has 0 aromatic heterocycles. The Morgan fingerprint density at radius 3 is 2.32 bits per heavy atom. The third kappa shape index (κ3) is 2.48. The van der Waals surface area contributed by atoms with Crippen molar-refractivity contribution in [2.75, 3.05) is 5.73 Å². The van der Waals surface area contributed by atoms with Crippen LogP contribution in [0.2, 0.25) is 0 Å². The SMILES string of the molecule is CC(C)CCC(C)N1C(=O)c2ccc(N)cc2C1=O. The summed E-state index contributed by atoms with van der Waals surface area (Å²) in [5, 5.41) is 0. The molecule has 4 nitrogen and oxygen atoms in total. The normalized spacial score (nSPS) is 16.1. The smallest absolute Gasteiger partial charge is 0.261 e. The summed E-state index contributed by atoms with van der Waals surface area (Å²) in [5.74, 6) is 0.146.